The van der Waals surface area contributed by atoms with Gasteiger partial charge in [0.15, 0.2) is 5.75 Å². The average molecular weight is 325 g/mol. The summed E-state index contributed by atoms with van der Waals surface area (Å²) in [7, 11) is 1.45. The van der Waals surface area contributed by atoms with Crippen molar-refractivity contribution in [3.8, 4) is 11.5 Å². The van der Waals surface area contributed by atoms with E-state index in [1.54, 1.807) is 6.07 Å². The van der Waals surface area contributed by atoms with Gasteiger partial charge in [-0.1, -0.05) is 12.1 Å². The van der Waals surface area contributed by atoms with E-state index in [4.69, 9.17) is 9.47 Å². The van der Waals surface area contributed by atoms with Crippen molar-refractivity contribution in [1.29, 1.82) is 0 Å². The molecule has 0 amide bonds. The van der Waals surface area contributed by atoms with Crippen LogP contribution in [0, 0.1) is 17.0 Å². The van der Waals surface area contributed by atoms with Crippen LogP contribution in [0.5, 0.6) is 11.5 Å². The van der Waals surface area contributed by atoms with Crippen molar-refractivity contribution in [3.05, 3.63) is 64.0 Å². The number of aromatic nitrogens is 2. The van der Waals surface area contributed by atoms with Crippen LogP contribution in [0.4, 0.5) is 5.69 Å². The highest BCUT2D eigenvalue weighted by atomic mass is 16.6. The summed E-state index contributed by atoms with van der Waals surface area (Å²) in [5.41, 5.74) is 2.77. The molecular formula is C17H15N3O4. The lowest BCUT2D eigenvalue weighted by atomic mass is 10.2. The van der Waals surface area contributed by atoms with E-state index in [0.29, 0.717) is 11.4 Å². The van der Waals surface area contributed by atoms with E-state index in [1.165, 1.54) is 19.2 Å². The molecule has 1 heterocycles. The molecule has 122 valence electrons. The summed E-state index contributed by atoms with van der Waals surface area (Å²) in [5.74, 6) is 0.561. The lowest BCUT2D eigenvalue weighted by Gasteiger charge is -2.10. The molecule has 0 aliphatic rings. The molecule has 2 aromatic carbocycles. The third-order valence-corrected chi connectivity index (χ3v) is 3.57. The maximum Gasteiger partial charge on any atom is 0.314 e. The number of hydrogen-bond acceptors (Lipinski definition) is 6. The minimum atomic E-state index is -0.503. The summed E-state index contributed by atoms with van der Waals surface area (Å²) in [6, 6.07) is 12.0. The molecule has 7 nitrogen and oxygen atoms in total. The second-order valence-electron chi connectivity index (χ2n) is 5.12. The molecule has 3 aromatic rings. The zero-order chi connectivity index (χ0) is 17.1. The van der Waals surface area contributed by atoms with E-state index < -0.39 is 4.92 Å². The number of para-hydroxylation sites is 2. The number of rotatable bonds is 5. The van der Waals surface area contributed by atoms with Gasteiger partial charge in [0.25, 0.3) is 0 Å². The highest BCUT2D eigenvalue weighted by Crippen LogP contribution is 2.31. The van der Waals surface area contributed by atoms with Crippen LogP contribution in [0.15, 0.2) is 42.5 Å². The van der Waals surface area contributed by atoms with E-state index in [0.717, 1.165) is 16.7 Å². The zero-order valence-corrected chi connectivity index (χ0v) is 13.2. The molecule has 0 fully saturated rings. The normalized spacial score (nSPS) is 10.6. The molecule has 0 saturated heterocycles. The Balaban J connectivity index is 1.88. The van der Waals surface area contributed by atoms with Crippen molar-refractivity contribution in [2.45, 2.75) is 13.5 Å². The first-order chi connectivity index (χ1) is 11.6. The Hall–Kier alpha value is -3.22. The van der Waals surface area contributed by atoms with E-state index in [2.05, 4.69) is 9.97 Å². The third-order valence-electron chi connectivity index (χ3n) is 3.57. The summed E-state index contributed by atoms with van der Waals surface area (Å²) in [6.07, 6.45) is 0. The van der Waals surface area contributed by atoms with Gasteiger partial charge in [-0.3, -0.25) is 10.1 Å². The van der Waals surface area contributed by atoms with Gasteiger partial charge in [-0.2, -0.15) is 0 Å². The molecule has 0 atom stereocenters. The molecule has 0 aliphatic heterocycles. The maximum atomic E-state index is 11.2. The van der Waals surface area contributed by atoms with Gasteiger partial charge in [-0.25, -0.2) is 9.97 Å². The quantitative estimate of drug-likeness (QED) is 0.527. The van der Waals surface area contributed by atoms with Gasteiger partial charge in [-0.15, -0.1) is 0 Å². The van der Waals surface area contributed by atoms with Crippen molar-refractivity contribution in [2.75, 3.05) is 7.11 Å². The van der Waals surface area contributed by atoms with Crippen molar-refractivity contribution in [3.63, 3.8) is 0 Å². The Morgan fingerprint density at radius 1 is 1.12 bits per heavy atom. The fourth-order valence-electron chi connectivity index (χ4n) is 2.30. The van der Waals surface area contributed by atoms with Crippen LogP contribution >= 0.6 is 0 Å². The maximum absolute atomic E-state index is 11.2. The summed E-state index contributed by atoms with van der Waals surface area (Å²) < 4.78 is 10.6. The van der Waals surface area contributed by atoms with Crippen LogP contribution in [0.25, 0.3) is 11.0 Å². The Morgan fingerprint density at radius 2 is 1.83 bits per heavy atom. The van der Waals surface area contributed by atoms with Gasteiger partial charge in [0.1, 0.15) is 12.4 Å². The van der Waals surface area contributed by atoms with Gasteiger partial charge in [0.2, 0.25) is 0 Å². The molecule has 1 aromatic heterocycles. The monoisotopic (exact) mass is 325 g/mol. The Labute approximate surface area is 138 Å². The second kappa shape index (κ2) is 6.49. The van der Waals surface area contributed by atoms with Crippen LogP contribution in [0.1, 0.15) is 11.4 Å². The lowest BCUT2D eigenvalue weighted by Crippen LogP contribution is -2.05. The number of nitro benzene ring substituents is 1. The van der Waals surface area contributed by atoms with E-state index >= 15 is 0 Å². The number of benzene rings is 2. The number of hydrogen-bond donors (Lipinski definition) is 0. The molecule has 0 unspecified atom stereocenters. The summed E-state index contributed by atoms with van der Waals surface area (Å²) >= 11 is 0. The minimum Gasteiger partial charge on any atom is -0.496 e. The summed E-state index contributed by atoms with van der Waals surface area (Å²) in [4.78, 5) is 19.7. The van der Waals surface area contributed by atoms with Crippen LogP contribution in [0.2, 0.25) is 0 Å². The van der Waals surface area contributed by atoms with Gasteiger partial charge < -0.3 is 9.47 Å². The molecule has 0 saturated carbocycles. The highest BCUT2D eigenvalue weighted by molar-refractivity contribution is 5.74. The fourth-order valence-corrected chi connectivity index (χ4v) is 2.30. The average Bonchev–Trinajstić information content (AvgIpc) is 2.59. The Kier molecular flexibility index (Phi) is 4.24. The first-order valence-corrected chi connectivity index (χ1v) is 7.26. The second-order valence-corrected chi connectivity index (χ2v) is 5.12. The Bertz CT molecular complexity index is 911. The van der Waals surface area contributed by atoms with Crippen LogP contribution in [-0.2, 0) is 6.61 Å². The van der Waals surface area contributed by atoms with Gasteiger partial charge >= 0.3 is 5.69 Å². The lowest BCUT2D eigenvalue weighted by molar-refractivity contribution is -0.386. The molecule has 0 bridgehead atoms. The van der Waals surface area contributed by atoms with Crippen LogP contribution < -0.4 is 9.47 Å². The molecular weight excluding hydrogens is 310 g/mol. The first-order valence-electron chi connectivity index (χ1n) is 7.26. The number of nitro groups is 1. The predicted molar refractivity (Wildman–Crippen MR) is 88.3 cm³/mol. The molecule has 0 radical (unpaired) electrons. The largest absolute Gasteiger partial charge is 0.496 e. The number of fused-ring (bicyclic) bond motifs is 1. The van der Waals surface area contributed by atoms with Gasteiger partial charge in [0, 0.05) is 0 Å². The van der Waals surface area contributed by atoms with E-state index in [1.807, 2.05) is 31.2 Å². The standard InChI is InChI=1S/C17H15N3O4/c1-11-15(19-14-6-4-3-5-13(14)18-11)10-24-17-8-7-12(23-2)9-16(17)20(21)22/h3-9H,10H2,1-2H3. The van der Waals surface area contributed by atoms with Crippen molar-refractivity contribution in [1.82, 2.24) is 9.97 Å². The minimum absolute atomic E-state index is 0.0941. The smallest absolute Gasteiger partial charge is 0.314 e. The molecule has 0 aliphatic carbocycles. The van der Waals surface area contributed by atoms with Crippen LogP contribution in [-0.4, -0.2) is 22.0 Å². The number of nitrogens with zero attached hydrogens (tertiary/aromatic N) is 3. The number of aryl methyl sites for hydroxylation is 1. The Morgan fingerprint density at radius 3 is 2.50 bits per heavy atom. The van der Waals surface area contributed by atoms with E-state index in [9.17, 15) is 10.1 Å². The molecule has 3 rings (SSSR count). The van der Waals surface area contributed by atoms with Crippen molar-refractivity contribution < 1.29 is 14.4 Å². The molecule has 0 spiro atoms. The molecule has 7 heteroatoms. The number of ether oxygens (including phenoxy) is 2. The van der Waals surface area contributed by atoms with Gasteiger partial charge in [0.05, 0.1) is 40.5 Å². The van der Waals surface area contributed by atoms with Crippen LogP contribution in [0.3, 0.4) is 0 Å². The zero-order valence-electron chi connectivity index (χ0n) is 13.2. The molecule has 24 heavy (non-hydrogen) atoms. The van der Waals surface area contributed by atoms with Gasteiger partial charge in [-0.05, 0) is 31.2 Å². The fraction of sp³-hybridized carbons (Fsp3) is 0.176. The topological polar surface area (TPSA) is 87.4 Å². The predicted octanol–water partition coefficient (Wildman–Crippen LogP) is 3.43. The highest BCUT2D eigenvalue weighted by Gasteiger charge is 2.17. The van der Waals surface area contributed by atoms with E-state index in [-0.39, 0.29) is 18.0 Å². The molecule has 0 N–H and O–H groups in total. The summed E-state index contributed by atoms with van der Waals surface area (Å²) in [6.45, 7) is 1.93. The third kappa shape index (κ3) is 3.10. The first kappa shape index (κ1) is 15.7. The SMILES string of the molecule is COc1ccc(OCc2nc3ccccc3nc2C)c([N+](=O)[O-])c1. The summed E-state index contributed by atoms with van der Waals surface area (Å²) in [5, 5.41) is 11.2. The number of methoxy groups -OCH3 is 1. The van der Waals surface area contributed by atoms with Crippen molar-refractivity contribution >= 4 is 16.7 Å². The van der Waals surface area contributed by atoms with Crippen molar-refractivity contribution in [2.24, 2.45) is 0 Å².